The van der Waals surface area contributed by atoms with Crippen LogP contribution >= 0.6 is 11.6 Å². The number of aromatic nitrogens is 4. The van der Waals surface area contributed by atoms with E-state index in [1.165, 1.54) is 0 Å². The summed E-state index contributed by atoms with van der Waals surface area (Å²) in [5.41, 5.74) is 3.63. The number of carbonyl (C=O) groups is 1. The first-order chi connectivity index (χ1) is 10.4. The summed E-state index contributed by atoms with van der Waals surface area (Å²) in [4.78, 5) is 12.3. The second kappa shape index (κ2) is 6.52. The first-order valence-electron chi connectivity index (χ1n) is 7.37. The van der Waals surface area contributed by atoms with Crippen molar-refractivity contribution in [1.82, 2.24) is 24.9 Å². The Morgan fingerprint density at radius 2 is 2.05 bits per heavy atom. The van der Waals surface area contributed by atoms with Crippen molar-refractivity contribution in [2.24, 2.45) is 0 Å². The lowest BCUT2D eigenvalue weighted by atomic mass is 10.2. The summed E-state index contributed by atoms with van der Waals surface area (Å²) in [6, 6.07) is -0.410. The predicted molar refractivity (Wildman–Crippen MR) is 85.9 cm³/mol. The molecule has 0 spiro atoms. The fourth-order valence-corrected chi connectivity index (χ4v) is 2.56. The van der Waals surface area contributed by atoms with E-state index in [1.807, 2.05) is 39.3 Å². The van der Waals surface area contributed by atoms with Crippen LogP contribution in [0.2, 0.25) is 5.02 Å². The summed E-state index contributed by atoms with van der Waals surface area (Å²) >= 11 is 6.13. The zero-order chi connectivity index (χ0) is 16.4. The van der Waals surface area contributed by atoms with E-state index < -0.39 is 6.04 Å². The fraction of sp³-hybridized carbons (Fsp3) is 0.533. The molecule has 0 saturated carbocycles. The van der Waals surface area contributed by atoms with Crippen molar-refractivity contribution in [1.29, 1.82) is 0 Å². The molecule has 0 fully saturated rings. The average molecular weight is 324 g/mol. The number of rotatable bonds is 5. The van der Waals surface area contributed by atoms with Gasteiger partial charge in [-0.15, -0.1) is 0 Å². The summed E-state index contributed by atoms with van der Waals surface area (Å²) in [6.45, 7) is 10.8. The van der Waals surface area contributed by atoms with Crippen LogP contribution in [0.4, 0.5) is 0 Å². The van der Waals surface area contributed by atoms with Crippen LogP contribution in [0, 0.1) is 20.8 Å². The number of nitrogens with one attached hydrogen (secondary N) is 1. The van der Waals surface area contributed by atoms with E-state index in [0.717, 1.165) is 29.2 Å². The third kappa shape index (κ3) is 3.02. The largest absolute Gasteiger partial charge is 0.350 e. The quantitative estimate of drug-likeness (QED) is 0.919. The van der Waals surface area contributed by atoms with E-state index in [4.69, 9.17) is 11.6 Å². The highest BCUT2D eigenvalue weighted by atomic mass is 35.5. The van der Waals surface area contributed by atoms with E-state index in [9.17, 15) is 4.79 Å². The summed E-state index contributed by atoms with van der Waals surface area (Å²) < 4.78 is 3.57. The molecule has 7 heteroatoms. The van der Waals surface area contributed by atoms with Gasteiger partial charge in [0.15, 0.2) is 0 Å². The molecular weight excluding hydrogens is 302 g/mol. The Bertz CT molecular complexity index is 688. The lowest BCUT2D eigenvalue weighted by molar-refractivity contribution is -0.124. The van der Waals surface area contributed by atoms with E-state index >= 15 is 0 Å². The maximum Gasteiger partial charge on any atom is 0.244 e. The van der Waals surface area contributed by atoms with Crippen LogP contribution in [0.5, 0.6) is 0 Å². The van der Waals surface area contributed by atoms with Gasteiger partial charge in [0.25, 0.3) is 0 Å². The molecule has 0 aliphatic heterocycles. The highest BCUT2D eigenvalue weighted by Crippen LogP contribution is 2.22. The highest BCUT2D eigenvalue weighted by Gasteiger charge is 2.20. The van der Waals surface area contributed by atoms with Crippen molar-refractivity contribution in [2.45, 2.75) is 53.8 Å². The molecule has 2 rings (SSSR count). The molecule has 0 aliphatic carbocycles. The molecule has 120 valence electrons. The Labute approximate surface area is 135 Å². The molecule has 0 saturated heterocycles. The van der Waals surface area contributed by atoms with E-state index in [1.54, 1.807) is 10.9 Å². The molecule has 2 aromatic heterocycles. The minimum atomic E-state index is -0.410. The number of nitrogens with zero attached hydrogens (tertiary/aromatic N) is 4. The van der Waals surface area contributed by atoms with Gasteiger partial charge in [0, 0.05) is 24.3 Å². The van der Waals surface area contributed by atoms with Crippen molar-refractivity contribution < 1.29 is 4.79 Å². The van der Waals surface area contributed by atoms with Gasteiger partial charge in [-0.05, 0) is 34.6 Å². The van der Waals surface area contributed by atoms with Crippen molar-refractivity contribution in [3.05, 3.63) is 33.9 Å². The predicted octanol–water partition coefficient (Wildman–Crippen LogP) is 2.56. The average Bonchev–Trinajstić information content (AvgIpc) is 2.99. The Hall–Kier alpha value is -1.82. The Morgan fingerprint density at radius 1 is 1.36 bits per heavy atom. The third-order valence-corrected chi connectivity index (χ3v) is 4.49. The standard InChI is InChI=1S/C15H22ClN5O/c1-6-20-10(3)13(8-18-20)7-17-15(22)12(5)21-11(4)14(16)9(2)19-21/h8,12H,6-7H2,1-5H3,(H,17,22). The number of hydrogen-bond acceptors (Lipinski definition) is 3. The molecule has 1 unspecified atom stereocenters. The summed E-state index contributed by atoms with van der Waals surface area (Å²) in [6.07, 6.45) is 1.80. The van der Waals surface area contributed by atoms with E-state index in [2.05, 4.69) is 15.5 Å². The topological polar surface area (TPSA) is 64.7 Å². The molecule has 1 amide bonds. The van der Waals surface area contributed by atoms with Crippen LogP contribution in [-0.4, -0.2) is 25.5 Å². The van der Waals surface area contributed by atoms with Gasteiger partial charge in [0.2, 0.25) is 5.91 Å². The van der Waals surface area contributed by atoms with E-state index in [0.29, 0.717) is 11.6 Å². The number of aryl methyl sites for hydroxylation is 2. The summed E-state index contributed by atoms with van der Waals surface area (Å²) in [5.74, 6) is -0.0917. The molecule has 22 heavy (non-hydrogen) atoms. The molecule has 2 heterocycles. The zero-order valence-electron chi connectivity index (χ0n) is 13.6. The van der Waals surface area contributed by atoms with Crippen LogP contribution < -0.4 is 5.32 Å². The Kier molecular flexibility index (Phi) is 4.90. The molecule has 1 atom stereocenters. The van der Waals surface area contributed by atoms with Crippen LogP contribution in [-0.2, 0) is 17.9 Å². The lowest BCUT2D eigenvalue weighted by Gasteiger charge is -2.14. The zero-order valence-corrected chi connectivity index (χ0v) is 14.4. The third-order valence-electron chi connectivity index (χ3n) is 3.94. The van der Waals surface area contributed by atoms with Gasteiger partial charge in [-0.3, -0.25) is 14.2 Å². The van der Waals surface area contributed by atoms with Gasteiger partial charge in [-0.1, -0.05) is 11.6 Å². The van der Waals surface area contributed by atoms with Crippen molar-refractivity contribution in [3.63, 3.8) is 0 Å². The van der Waals surface area contributed by atoms with Crippen molar-refractivity contribution in [2.75, 3.05) is 0 Å². The normalized spacial score (nSPS) is 12.5. The maximum absolute atomic E-state index is 12.3. The maximum atomic E-state index is 12.3. The molecule has 0 radical (unpaired) electrons. The van der Waals surface area contributed by atoms with Gasteiger partial charge in [0.05, 0.1) is 22.6 Å². The number of hydrogen-bond donors (Lipinski definition) is 1. The molecule has 1 N–H and O–H groups in total. The molecule has 0 bridgehead atoms. The fourth-order valence-electron chi connectivity index (χ4n) is 2.44. The Morgan fingerprint density at radius 3 is 2.55 bits per heavy atom. The van der Waals surface area contributed by atoms with Crippen LogP contribution in [0.3, 0.4) is 0 Å². The number of amides is 1. The van der Waals surface area contributed by atoms with Gasteiger partial charge in [0.1, 0.15) is 6.04 Å². The monoisotopic (exact) mass is 323 g/mol. The Balaban J connectivity index is 2.05. The molecule has 2 aromatic rings. The number of halogens is 1. The second-order valence-corrected chi connectivity index (χ2v) is 5.77. The second-order valence-electron chi connectivity index (χ2n) is 5.39. The lowest BCUT2D eigenvalue weighted by Crippen LogP contribution is -2.31. The first-order valence-corrected chi connectivity index (χ1v) is 7.74. The highest BCUT2D eigenvalue weighted by molar-refractivity contribution is 6.31. The van der Waals surface area contributed by atoms with Gasteiger partial charge in [-0.25, -0.2) is 0 Å². The van der Waals surface area contributed by atoms with Gasteiger partial charge >= 0.3 is 0 Å². The minimum Gasteiger partial charge on any atom is -0.350 e. The van der Waals surface area contributed by atoms with Crippen LogP contribution in [0.25, 0.3) is 0 Å². The van der Waals surface area contributed by atoms with Crippen LogP contribution in [0.1, 0.15) is 42.5 Å². The summed E-state index contributed by atoms with van der Waals surface area (Å²) in [7, 11) is 0. The van der Waals surface area contributed by atoms with Crippen LogP contribution in [0.15, 0.2) is 6.20 Å². The van der Waals surface area contributed by atoms with Gasteiger partial charge < -0.3 is 5.32 Å². The van der Waals surface area contributed by atoms with Crippen molar-refractivity contribution >= 4 is 17.5 Å². The van der Waals surface area contributed by atoms with Gasteiger partial charge in [-0.2, -0.15) is 10.2 Å². The van der Waals surface area contributed by atoms with Crippen molar-refractivity contribution in [3.8, 4) is 0 Å². The molecular formula is C15H22ClN5O. The first kappa shape index (κ1) is 16.5. The molecule has 0 aliphatic rings. The van der Waals surface area contributed by atoms with E-state index in [-0.39, 0.29) is 5.91 Å². The number of carbonyl (C=O) groups excluding carboxylic acids is 1. The molecule has 6 nitrogen and oxygen atoms in total. The minimum absolute atomic E-state index is 0.0917. The smallest absolute Gasteiger partial charge is 0.244 e. The SMILES string of the molecule is CCn1ncc(CNC(=O)C(C)n2nc(C)c(Cl)c2C)c1C. The molecule has 0 aromatic carbocycles. The summed E-state index contributed by atoms with van der Waals surface area (Å²) in [5, 5.41) is 12.1.